The summed E-state index contributed by atoms with van der Waals surface area (Å²) in [7, 11) is 0. The maximum absolute atomic E-state index is 12.7. The van der Waals surface area contributed by atoms with Crippen LogP contribution in [0.25, 0.3) is 0 Å². The summed E-state index contributed by atoms with van der Waals surface area (Å²) >= 11 is 0. The van der Waals surface area contributed by atoms with Gasteiger partial charge >= 0.3 is 17.9 Å². The summed E-state index contributed by atoms with van der Waals surface area (Å²) in [6.07, 6.45) is 40.9. The first-order valence-electron chi connectivity index (χ1n) is 23.4. The van der Waals surface area contributed by atoms with Gasteiger partial charge in [0.15, 0.2) is 6.10 Å². The van der Waals surface area contributed by atoms with Gasteiger partial charge < -0.3 is 14.2 Å². The average molecular weight is 751 g/mol. The van der Waals surface area contributed by atoms with Crippen molar-refractivity contribution in [2.45, 2.75) is 265 Å². The van der Waals surface area contributed by atoms with Crippen LogP contribution in [0.15, 0.2) is 0 Å². The van der Waals surface area contributed by atoms with Gasteiger partial charge in [0.2, 0.25) is 0 Å². The lowest BCUT2D eigenvalue weighted by atomic mass is 10.0. The van der Waals surface area contributed by atoms with Gasteiger partial charge in [-0.3, -0.25) is 14.4 Å². The van der Waals surface area contributed by atoms with Crippen molar-refractivity contribution in [2.24, 2.45) is 5.92 Å². The molecule has 0 saturated carbocycles. The van der Waals surface area contributed by atoms with Crippen LogP contribution in [0.4, 0.5) is 0 Å². The van der Waals surface area contributed by atoms with Crippen molar-refractivity contribution in [1.29, 1.82) is 0 Å². The van der Waals surface area contributed by atoms with Crippen molar-refractivity contribution >= 4 is 17.9 Å². The Labute approximate surface area is 329 Å². The molecule has 6 nitrogen and oxygen atoms in total. The smallest absolute Gasteiger partial charge is 0.306 e. The number of carbonyl (C=O) groups excluding carboxylic acids is 3. The van der Waals surface area contributed by atoms with E-state index < -0.39 is 6.10 Å². The second-order valence-electron chi connectivity index (χ2n) is 16.5. The van der Waals surface area contributed by atoms with Crippen LogP contribution in [0.5, 0.6) is 0 Å². The molecule has 0 bridgehead atoms. The van der Waals surface area contributed by atoms with E-state index in [0.717, 1.165) is 63.7 Å². The highest BCUT2D eigenvalue weighted by atomic mass is 16.6. The van der Waals surface area contributed by atoms with Gasteiger partial charge in [0.05, 0.1) is 0 Å². The van der Waals surface area contributed by atoms with E-state index in [4.69, 9.17) is 14.2 Å². The number of rotatable bonds is 42. The molecule has 0 aliphatic rings. The highest BCUT2D eigenvalue weighted by molar-refractivity contribution is 5.71. The zero-order valence-corrected chi connectivity index (χ0v) is 36.0. The van der Waals surface area contributed by atoms with Crippen LogP contribution in [0.2, 0.25) is 0 Å². The van der Waals surface area contributed by atoms with Gasteiger partial charge in [0, 0.05) is 19.3 Å². The van der Waals surface area contributed by atoms with Gasteiger partial charge in [-0.05, 0) is 25.2 Å². The molecule has 0 rings (SSSR count). The third-order valence-corrected chi connectivity index (χ3v) is 10.5. The summed E-state index contributed by atoms with van der Waals surface area (Å²) in [5, 5.41) is 0. The number of ether oxygens (including phenoxy) is 3. The van der Waals surface area contributed by atoms with Crippen molar-refractivity contribution in [2.75, 3.05) is 13.2 Å². The van der Waals surface area contributed by atoms with E-state index in [1.165, 1.54) is 154 Å². The van der Waals surface area contributed by atoms with Crippen LogP contribution in [0.3, 0.4) is 0 Å². The van der Waals surface area contributed by atoms with Crippen LogP contribution >= 0.6 is 0 Å². The van der Waals surface area contributed by atoms with Gasteiger partial charge in [-0.15, -0.1) is 0 Å². The maximum atomic E-state index is 12.7. The summed E-state index contributed by atoms with van der Waals surface area (Å²) in [6, 6.07) is 0. The molecule has 0 spiro atoms. The number of hydrogen-bond donors (Lipinski definition) is 0. The van der Waals surface area contributed by atoms with E-state index in [1.807, 2.05) is 0 Å². The van der Waals surface area contributed by atoms with Crippen LogP contribution in [0, 0.1) is 5.92 Å². The van der Waals surface area contributed by atoms with Crippen LogP contribution < -0.4 is 0 Å². The first-order chi connectivity index (χ1) is 25.9. The topological polar surface area (TPSA) is 78.9 Å². The quantitative estimate of drug-likeness (QED) is 0.0351. The molecular formula is C47H90O6. The third kappa shape index (κ3) is 41.4. The standard InChI is InChI=1S/C47H90O6/c1-5-7-9-11-13-15-17-19-21-23-27-31-35-39-46(49)52-42-44(53-47(50)40-36-32-28-24-25-29-33-37-43(3)4)41-51-45(48)38-34-30-26-22-20-18-16-14-12-10-8-6-2/h43-44H,5-42H2,1-4H3/t44-/m1/s1. The van der Waals surface area contributed by atoms with Gasteiger partial charge in [0.1, 0.15) is 13.2 Å². The molecule has 0 amide bonds. The monoisotopic (exact) mass is 751 g/mol. The Morgan fingerprint density at radius 3 is 0.925 bits per heavy atom. The first-order valence-corrected chi connectivity index (χ1v) is 23.4. The summed E-state index contributed by atoms with van der Waals surface area (Å²) < 4.78 is 16.7. The van der Waals surface area contributed by atoms with Crippen molar-refractivity contribution < 1.29 is 28.6 Å². The molecule has 0 aromatic heterocycles. The van der Waals surface area contributed by atoms with Crippen LogP contribution in [-0.4, -0.2) is 37.2 Å². The van der Waals surface area contributed by atoms with Crippen molar-refractivity contribution in [3.63, 3.8) is 0 Å². The number of esters is 3. The summed E-state index contributed by atoms with van der Waals surface area (Å²) in [5.41, 5.74) is 0. The molecule has 0 aromatic rings. The summed E-state index contributed by atoms with van der Waals surface area (Å²) in [6.45, 7) is 8.95. The Morgan fingerprint density at radius 2 is 0.623 bits per heavy atom. The van der Waals surface area contributed by atoms with E-state index in [-0.39, 0.29) is 31.1 Å². The second-order valence-corrected chi connectivity index (χ2v) is 16.5. The fourth-order valence-electron chi connectivity index (χ4n) is 6.98. The van der Waals surface area contributed by atoms with Crippen molar-refractivity contribution in [1.82, 2.24) is 0 Å². The minimum Gasteiger partial charge on any atom is -0.462 e. The second kappa shape index (κ2) is 41.6. The molecule has 53 heavy (non-hydrogen) atoms. The first kappa shape index (κ1) is 51.4. The molecule has 6 heteroatoms. The molecule has 0 saturated heterocycles. The minimum atomic E-state index is -0.759. The summed E-state index contributed by atoms with van der Waals surface area (Å²) in [4.78, 5) is 37.7. The molecule has 0 heterocycles. The predicted molar refractivity (Wildman–Crippen MR) is 224 cm³/mol. The molecule has 0 aromatic carbocycles. The van der Waals surface area contributed by atoms with Gasteiger partial charge in [-0.2, -0.15) is 0 Å². The van der Waals surface area contributed by atoms with Crippen LogP contribution in [0.1, 0.15) is 259 Å². The van der Waals surface area contributed by atoms with E-state index in [9.17, 15) is 14.4 Å². The molecule has 0 aliphatic carbocycles. The molecule has 0 fully saturated rings. The zero-order valence-electron chi connectivity index (χ0n) is 36.0. The Balaban J connectivity index is 4.31. The number of carbonyl (C=O) groups is 3. The lowest BCUT2D eigenvalue weighted by molar-refractivity contribution is -0.167. The van der Waals surface area contributed by atoms with Crippen molar-refractivity contribution in [3.8, 4) is 0 Å². The fraction of sp³-hybridized carbons (Fsp3) is 0.936. The highest BCUT2D eigenvalue weighted by Crippen LogP contribution is 2.16. The highest BCUT2D eigenvalue weighted by Gasteiger charge is 2.19. The Kier molecular flexibility index (Phi) is 40.3. The molecule has 314 valence electrons. The molecule has 1 atom stereocenters. The molecule has 0 aliphatic heterocycles. The number of hydrogen-bond acceptors (Lipinski definition) is 6. The molecule has 0 radical (unpaired) electrons. The van der Waals surface area contributed by atoms with E-state index >= 15 is 0 Å². The van der Waals surface area contributed by atoms with E-state index in [1.54, 1.807) is 0 Å². The van der Waals surface area contributed by atoms with E-state index in [0.29, 0.717) is 19.3 Å². The Hall–Kier alpha value is -1.59. The van der Waals surface area contributed by atoms with Gasteiger partial charge in [-0.1, -0.05) is 220 Å². The van der Waals surface area contributed by atoms with Gasteiger partial charge in [-0.25, -0.2) is 0 Å². The largest absolute Gasteiger partial charge is 0.462 e. The SMILES string of the molecule is CCCCCCCCCCCCCCCC(=O)OC[C@@H](COC(=O)CCCCCCCCCCCCCC)OC(=O)CCCCCCCCCC(C)C. The lowest BCUT2D eigenvalue weighted by Crippen LogP contribution is -2.30. The molecular weight excluding hydrogens is 661 g/mol. The van der Waals surface area contributed by atoms with E-state index in [2.05, 4.69) is 27.7 Å². The minimum absolute atomic E-state index is 0.0642. The lowest BCUT2D eigenvalue weighted by Gasteiger charge is -2.18. The maximum Gasteiger partial charge on any atom is 0.306 e. The summed E-state index contributed by atoms with van der Waals surface area (Å²) in [5.74, 6) is -0.0770. The third-order valence-electron chi connectivity index (χ3n) is 10.5. The molecule has 0 N–H and O–H groups in total. The zero-order chi connectivity index (χ0) is 38.9. The normalized spacial score (nSPS) is 11.9. The Morgan fingerprint density at radius 1 is 0.358 bits per heavy atom. The fourth-order valence-corrected chi connectivity index (χ4v) is 6.98. The van der Waals surface area contributed by atoms with Gasteiger partial charge in [0.25, 0.3) is 0 Å². The predicted octanol–water partition coefficient (Wildman–Crippen LogP) is 14.7. The van der Waals surface area contributed by atoms with Crippen LogP contribution in [-0.2, 0) is 28.6 Å². The molecule has 0 unspecified atom stereocenters. The Bertz CT molecular complexity index is 796. The number of unbranched alkanes of at least 4 members (excludes halogenated alkanes) is 29. The van der Waals surface area contributed by atoms with Crippen molar-refractivity contribution in [3.05, 3.63) is 0 Å². The average Bonchev–Trinajstić information content (AvgIpc) is 3.14.